The van der Waals surface area contributed by atoms with E-state index >= 15 is 0 Å². The lowest BCUT2D eigenvalue weighted by Gasteiger charge is -2.17. The average molecular weight is 285 g/mol. The number of oxime groups is 1. The standard InChI is InChI=1S/C14H15N5O2/c1-9-7-17-12(8-16-9)14(20)19(2)11-5-3-10(4-6-11)13(15)18-21/h3-8,21H,1-2H3,(H2,15,18). The van der Waals surface area contributed by atoms with E-state index in [-0.39, 0.29) is 17.4 Å². The maximum Gasteiger partial charge on any atom is 0.278 e. The number of hydrogen-bond donors (Lipinski definition) is 2. The molecule has 7 nitrogen and oxygen atoms in total. The van der Waals surface area contributed by atoms with Crippen molar-refractivity contribution >= 4 is 17.4 Å². The summed E-state index contributed by atoms with van der Waals surface area (Å²) in [5.74, 6) is -0.251. The second-order valence-electron chi connectivity index (χ2n) is 4.44. The second kappa shape index (κ2) is 6.00. The molecule has 1 heterocycles. The first kappa shape index (κ1) is 14.4. The van der Waals surface area contributed by atoms with Crippen LogP contribution in [0.25, 0.3) is 0 Å². The average Bonchev–Trinajstić information content (AvgIpc) is 2.53. The molecule has 7 heteroatoms. The lowest BCUT2D eigenvalue weighted by atomic mass is 10.2. The van der Waals surface area contributed by atoms with Crippen LogP contribution in [-0.4, -0.2) is 34.0 Å². The summed E-state index contributed by atoms with van der Waals surface area (Å²) in [6, 6.07) is 6.73. The number of carbonyl (C=O) groups is 1. The van der Waals surface area contributed by atoms with E-state index in [1.54, 1.807) is 44.4 Å². The van der Waals surface area contributed by atoms with Gasteiger partial charge in [-0.05, 0) is 31.2 Å². The predicted molar refractivity (Wildman–Crippen MR) is 78.5 cm³/mol. The number of aryl methyl sites for hydroxylation is 1. The van der Waals surface area contributed by atoms with Crippen molar-refractivity contribution in [3.63, 3.8) is 0 Å². The minimum atomic E-state index is -0.265. The number of amidine groups is 1. The Hall–Kier alpha value is -2.96. The Labute approximate surface area is 121 Å². The topological polar surface area (TPSA) is 105 Å². The molecule has 0 fully saturated rings. The monoisotopic (exact) mass is 285 g/mol. The number of nitrogens with two attached hydrogens (primary N) is 1. The molecule has 1 aromatic heterocycles. The van der Waals surface area contributed by atoms with Crippen molar-refractivity contribution in [1.29, 1.82) is 0 Å². The minimum absolute atomic E-state index is 0.0138. The Morgan fingerprint density at radius 2 is 1.90 bits per heavy atom. The van der Waals surface area contributed by atoms with Crippen LogP contribution in [-0.2, 0) is 0 Å². The van der Waals surface area contributed by atoms with Crippen LogP contribution in [0.4, 0.5) is 5.69 Å². The van der Waals surface area contributed by atoms with Gasteiger partial charge in [-0.2, -0.15) is 0 Å². The molecule has 1 amide bonds. The molecule has 0 unspecified atom stereocenters. The van der Waals surface area contributed by atoms with Crippen LogP contribution >= 0.6 is 0 Å². The van der Waals surface area contributed by atoms with Gasteiger partial charge in [0.05, 0.1) is 11.9 Å². The van der Waals surface area contributed by atoms with Crippen molar-refractivity contribution in [2.24, 2.45) is 10.9 Å². The summed E-state index contributed by atoms with van der Waals surface area (Å²) in [4.78, 5) is 21.8. The van der Waals surface area contributed by atoms with Gasteiger partial charge < -0.3 is 15.8 Å². The first-order chi connectivity index (χ1) is 10.0. The van der Waals surface area contributed by atoms with Crippen LogP contribution in [0.3, 0.4) is 0 Å². The molecule has 3 N–H and O–H groups in total. The molecule has 21 heavy (non-hydrogen) atoms. The van der Waals surface area contributed by atoms with Gasteiger partial charge in [0.25, 0.3) is 5.91 Å². The van der Waals surface area contributed by atoms with E-state index in [9.17, 15) is 4.79 Å². The van der Waals surface area contributed by atoms with Gasteiger partial charge in [0.2, 0.25) is 0 Å². The number of benzene rings is 1. The quantitative estimate of drug-likeness (QED) is 0.381. The van der Waals surface area contributed by atoms with Crippen LogP contribution in [0.15, 0.2) is 41.8 Å². The van der Waals surface area contributed by atoms with E-state index in [1.165, 1.54) is 11.1 Å². The molecule has 0 aliphatic heterocycles. The summed E-state index contributed by atoms with van der Waals surface area (Å²) in [6.45, 7) is 1.80. The van der Waals surface area contributed by atoms with E-state index in [0.717, 1.165) is 5.69 Å². The summed E-state index contributed by atoms with van der Waals surface area (Å²) < 4.78 is 0. The zero-order chi connectivity index (χ0) is 15.4. The maximum absolute atomic E-state index is 12.3. The number of nitrogens with zero attached hydrogens (tertiary/aromatic N) is 4. The van der Waals surface area contributed by atoms with Gasteiger partial charge in [-0.3, -0.25) is 9.78 Å². The number of carbonyl (C=O) groups excluding carboxylic acids is 1. The fourth-order valence-corrected chi connectivity index (χ4v) is 1.71. The fourth-order valence-electron chi connectivity index (χ4n) is 1.71. The number of aromatic nitrogens is 2. The number of anilines is 1. The van der Waals surface area contributed by atoms with Gasteiger partial charge >= 0.3 is 0 Å². The predicted octanol–water partition coefficient (Wildman–Crippen LogP) is 1.16. The Bertz CT molecular complexity index is 665. The summed E-state index contributed by atoms with van der Waals surface area (Å²) in [5, 5.41) is 11.5. The number of hydrogen-bond acceptors (Lipinski definition) is 5. The molecular weight excluding hydrogens is 270 g/mol. The molecule has 0 radical (unpaired) electrons. The molecular formula is C14H15N5O2. The molecule has 2 aromatic rings. The molecule has 1 aromatic carbocycles. The molecule has 0 saturated carbocycles. The second-order valence-corrected chi connectivity index (χ2v) is 4.44. The SMILES string of the molecule is Cc1cnc(C(=O)N(C)c2ccc(C(N)=NO)cc2)cn1. The van der Waals surface area contributed by atoms with Crippen molar-refractivity contribution in [2.75, 3.05) is 11.9 Å². The summed E-state index contributed by atoms with van der Waals surface area (Å²) in [6.07, 6.45) is 2.99. The smallest absolute Gasteiger partial charge is 0.278 e. The van der Waals surface area contributed by atoms with Crippen LogP contribution < -0.4 is 10.6 Å². The Balaban J connectivity index is 2.21. The normalized spacial score (nSPS) is 11.2. The van der Waals surface area contributed by atoms with Crippen molar-refractivity contribution in [2.45, 2.75) is 6.92 Å². The highest BCUT2D eigenvalue weighted by molar-refractivity contribution is 6.04. The lowest BCUT2D eigenvalue weighted by molar-refractivity contribution is 0.0988. The zero-order valence-electron chi connectivity index (χ0n) is 11.7. The molecule has 0 aliphatic rings. The highest BCUT2D eigenvalue weighted by atomic mass is 16.4. The molecule has 0 bridgehead atoms. The number of rotatable bonds is 3. The molecule has 0 saturated heterocycles. The zero-order valence-corrected chi connectivity index (χ0v) is 11.7. The number of amides is 1. The van der Waals surface area contributed by atoms with E-state index < -0.39 is 0 Å². The third-order valence-corrected chi connectivity index (χ3v) is 2.96. The van der Waals surface area contributed by atoms with Gasteiger partial charge in [0, 0.05) is 24.5 Å². The van der Waals surface area contributed by atoms with E-state index in [1.807, 2.05) is 0 Å². The van der Waals surface area contributed by atoms with Crippen LogP contribution in [0.5, 0.6) is 0 Å². The fraction of sp³-hybridized carbons (Fsp3) is 0.143. The largest absolute Gasteiger partial charge is 0.409 e. The van der Waals surface area contributed by atoms with E-state index in [2.05, 4.69) is 15.1 Å². The third-order valence-electron chi connectivity index (χ3n) is 2.96. The Kier molecular flexibility index (Phi) is 4.13. The van der Waals surface area contributed by atoms with Crippen LogP contribution in [0.1, 0.15) is 21.7 Å². The molecule has 108 valence electrons. The Morgan fingerprint density at radius 1 is 1.24 bits per heavy atom. The summed E-state index contributed by atoms with van der Waals surface area (Å²) in [5.41, 5.74) is 7.73. The van der Waals surface area contributed by atoms with Crippen molar-refractivity contribution in [1.82, 2.24) is 9.97 Å². The molecule has 2 rings (SSSR count). The minimum Gasteiger partial charge on any atom is -0.409 e. The maximum atomic E-state index is 12.3. The van der Waals surface area contributed by atoms with Crippen molar-refractivity contribution in [3.8, 4) is 0 Å². The first-order valence-electron chi connectivity index (χ1n) is 6.17. The molecule has 0 spiro atoms. The van der Waals surface area contributed by atoms with Crippen LogP contribution in [0, 0.1) is 6.92 Å². The highest BCUT2D eigenvalue weighted by Crippen LogP contribution is 2.15. The highest BCUT2D eigenvalue weighted by Gasteiger charge is 2.15. The van der Waals surface area contributed by atoms with Crippen LogP contribution in [0.2, 0.25) is 0 Å². The third kappa shape index (κ3) is 3.14. The van der Waals surface area contributed by atoms with Gasteiger partial charge in [0.1, 0.15) is 5.69 Å². The summed E-state index contributed by atoms with van der Waals surface area (Å²) >= 11 is 0. The van der Waals surface area contributed by atoms with Crippen molar-refractivity contribution in [3.05, 3.63) is 53.6 Å². The molecule has 0 aliphatic carbocycles. The molecule has 0 atom stereocenters. The van der Waals surface area contributed by atoms with Gasteiger partial charge in [-0.25, -0.2) is 4.98 Å². The van der Waals surface area contributed by atoms with E-state index in [0.29, 0.717) is 11.3 Å². The lowest BCUT2D eigenvalue weighted by Crippen LogP contribution is -2.27. The summed E-state index contributed by atoms with van der Waals surface area (Å²) in [7, 11) is 1.64. The first-order valence-corrected chi connectivity index (χ1v) is 6.17. The Morgan fingerprint density at radius 3 is 2.43 bits per heavy atom. The van der Waals surface area contributed by atoms with Gasteiger partial charge in [-0.1, -0.05) is 5.16 Å². The van der Waals surface area contributed by atoms with Gasteiger partial charge in [-0.15, -0.1) is 0 Å². The van der Waals surface area contributed by atoms with Crippen molar-refractivity contribution < 1.29 is 10.0 Å². The van der Waals surface area contributed by atoms with Gasteiger partial charge in [0.15, 0.2) is 5.84 Å². The van der Waals surface area contributed by atoms with E-state index in [4.69, 9.17) is 10.9 Å².